The molecule has 4 aromatic heterocycles. The van der Waals surface area contributed by atoms with Gasteiger partial charge < -0.3 is 4.57 Å². The third kappa shape index (κ3) is 3.90. The molecule has 0 amide bonds. The molecule has 0 aliphatic rings. The van der Waals surface area contributed by atoms with E-state index in [0.29, 0.717) is 33.9 Å². The van der Waals surface area contributed by atoms with Gasteiger partial charge in [0, 0.05) is 42.8 Å². The Balaban J connectivity index is 1.65. The first-order chi connectivity index (χ1) is 16.6. The van der Waals surface area contributed by atoms with E-state index in [-0.39, 0.29) is 15.7 Å². The Kier molecular flexibility index (Phi) is 5.29. The summed E-state index contributed by atoms with van der Waals surface area (Å²) in [7, 11) is -5.61. The van der Waals surface area contributed by atoms with Crippen LogP contribution in [0.15, 0.2) is 77.2 Å². The number of hydrogen-bond donors (Lipinski definition) is 0. The average Bonchev–Trinajstić information content (AvgIpc) is 3.40. The summed E-state index contributed by atoms with van der Waals surface area (Å²) in [5.41, 5.74) is 2.44. The number of fused-ring (bicyclic) bond motifs is 1. The molecule has 5 rings (SSSR count). The number of aromatic nitrogens is 6. The molecule has 0 aliphatic carbocycles. The molecule has 178 valence electrons. The number of rotatable bonds is 5. The zero-order chi connectivity index (χ0) is 25.0. The van der Waals surface area contributed by atoms with Crippen LogP contribution in [-0.2, 0) is 26.9 Å². The summed E-state index contributed by atoms with van der Waals surface area (Å²) in [5.74, 6) is 0.679. The number of benzene rings is 1. The molecular formula is C23H20N6O4S2. The molecule has 0 unspecified atom stereocenters. The first-order valence-electron chi connectivity index (χ1n) is 10.4. The van der Waals surface area contributed by atoms with Crippen LogP contribution >= 0.6 is 0 Å². The van der Waals surface area contributed by atoms with Gasteiger partial charge in [-0.05, 0) is 37.3 Å². The Bertz CT molecular complexity index is 1810. The Labute approximate surface area is 201 Å². The maximum Gasteiger partial charge on any atom is 0.269 e. The summed E-state index contributed by atoms with van der Waals surface area (Å²) in [5, 5.41) is 0.326. The van der Waals surface area contributed by atoms with Gasteiger partial charge in [-0.2, -0.15) is 0 Å². The van der Waals surface area contributed by atoms with E-state index in [1.165, 1.54) is 24.5 Å². The summed E-state index contributed by atoms with van der Waals surface area (Å²) >= 11 is 0. The molecule has 0 N–H and O–H groups in total. The van der Waals surface area contributed by atoms with E-state index < -0.39 is 19.9 Å². The molecule has 0 saturated carbocycles. The maximum atomic E-state index is 13.1. The molecule has 12 heteroatoms. The lowest BCUT2D eigenvalue weighted by Gasteiger charge is -2.09. The summed E-state index contributed by atoms with van der Waals surface area (Å²) in [6.07, 6.45) is 5.45. The van der Waals surface area contributed by atoms with Crippen LogP contribution in [0.5, 0.6) is 0 Å². The lowest BCUT2D eigenvalue weighted by Crippen LogP contribution is -2.12. The lowest BCUT2D eigenvalue weighted by molar-refractivity contribution is 0.588. The zero-order valence-electron chi connectivity index (χ0n) is 19.0. The summed E-state index contributed by atoms with van der Waals surface area (Å²) in [4.78, 5) is 17.4. The van der Waals surface area contributed by atoms with E-state index >= 15 is 0 Å². The molecule has 35 heavy (non-hydrogen) atoms. The number of imidazole rings is 1. The highest BCUT2D eigenvalue weighted by Gasteiger charge is 2.23. The molecule has 0 bridgehead atoms. The third-order valence-corrected chi connectivity index (χ3v) is 8.13. The molecule has 0 atom stereocenters. The molecule has 0 fully saturated rings. The predicted molar refractivity (Wildman–Crippen MR) is 130 cm³/mol. The van der Waals surface area contributed by atoms with Crippen molar-refractivity contribution in [2.24, 2.45) is 7.05 Å². The first kappa shape index (κ1) is 22.9. The van der Waals surface area contributed by atoms with Gasteiger partial charge in [0.05, 0.1) is 22.0 Å². The molecular weight excluding hydrogens is 488 g/mol. The SMILES string of the molecule is Cc1nc(-c2cnc3c(ccn3S(=O)(=O)c3ccccc3)c2)c(-c2ccnc(S(C)(=O)=O)n2)n1C. The van der Waals surface area contributed by atoms with Crippen molar-refractivity contribution in [1.82, 2.24) is 28.5 Å². The fourth-order valence-electron chi connectivity index (χ4n) is 3.79. The number of aryl methyl sites for hydroxylation is 1. The molecule has 1 aromatic carbocycles. The van der Waals surface area contributed by atoms with E-state index in [0.717, 1.165) is 10.2 Å². The van der Waals surface area contributed by atoms with Crippen LogP contribution in [0, 0.1) is 6.92 Å². The topological polar surface area (TPSA) is 130 Å². The van der Waals surface area contributed by atoms with Crippen LogP contribution in [-0.4, -0.2) is 51.6 Å². The summed E-state index contributed by atoms with van der Waals surface area (Å²) in [6, 6.07) is 13.2. The minimum atomic E-state index is -3.81. The lowest BCUT2D eigenvalue weighted by atomic mass is 10.1. The highest BCUT2D eigenvalue weighted by molar-refractivity contribution is 7.90. The normalized spacial score (nSPS) is 12.3. The average molecular weight is 509 g/mol. The third-order valence-electron chi connectivity index (χ3n) is 5.59. The van der Waals surface area contributed by atoms with Crippen molar-refractivity contribution >= 4 is 30.9 Å². The Morgan fingerprint density at radius 1 is 0.914 bits per heavy atom. The fraction of sp³-hybridized carbons (Fsp3) is 0.130. The van der Waals surface area contributed by atoms with Gasteiger partial charge in [0.15, 0.2) is 5.65 Å². The second-order valence-corrected chi connectivity index (χ2v) is 11.7. The Morgan fingerprint density at radius 2 is 1.66 bits per heavy atom. The molecule has 4 heterocycles. The minimum absolute atomic E-state index is 0.163. The summed E-state index contributed by atoms with van der Waals surface area (Å²) < 4.78 is 53.1. The monoisotopic (exact) mass is 508 g/mol. The van der Waals surface area contributed by atoms with Crippen LogP contribution in [0.2, 0.25) is 0 Å². The van der Waals surface area contributed by atoms with Crippen molar-refractivity contribution in [3.63, 3.8) is 0 Å². The first-order valence-corrected chi connectivity index (χ1v) is 13.8. The van der Waals surface area contributed by atoms with Gasteiger partial charge in [-0.3, -0.25) is 0 Å². The Morgan fingerprint density at radius 3 is 2.37 bits per heavy atom. The second-order valence-electron chi connectivity index (χ2n) is 7.98. The van der Waals surface area contributed by atoms with Crippen molar-refractivity contribution in [2.45, 2.75) is 17.0 Å². The zero-order valence-corrected chi connectivity index (χ0v) is 20.6. The van der Waals surface area contributed by atoms with Crippen molar-refractivity contribution in [1.29, 1.82) is 0 Å². The van der Waals surface area contributed by atoms with Crippen LogP contribution in [0.25, 0.3) is 33.7 Å². The van der Waals surface area contributed by atoms with E-state index in [2.05, 4.69) is 19.9 Å². The highest BCUT2D eigenvalue weighted by atomic mass is 32.2. The minimum Gasteiger partial charge on any atom is -0.330 e. The van der Waals surface area contributed by atoms with Crippen LogP contribution in [0.4, 0.5) is 0 Å². The standard InChI is InChI=1S/C23H20N6O4S2/c1-15-26-20(21(28(15)2)19-9-11-24-23(27-19)34(3,30)31)17-13-16-10-12-29(22(16)25-14-17)35(32,33)18-7-5-4-6-8-18/h4-14H,1-3H3. The van der Waals surface area contributed by atoms with Crippen LogP contribution in [0.3, 0.4) is 0 Å². The molecule has 5 aromatic rings. The van der Waals surface area contributed by atoms with Crippen molar-refractivity contribution < 1.29 is 16.8 Å². The quantitative estimate of drug-likeness (QED) is 0.331. The van der Waals surface area contributed by atoms with E-state index in [1.807, 2.05) is 6.92 Å². The maximum absolute atomic E-state index is 13.1. The van der Waals surface area contributed by atoms with Crippen LogP contribution in [0.1, 0.15) is 5.82 Å². The van der Waals surface area contributed by atoms with Gasteiger partial charge in [-0.1, -0.05) is 18.2 Å². The van der Waals surface area contributed by atoms with Crippen LogP contribution < -0.4 is 0 Å². The number of hydrogen-bond acceptors (Lipinski definition) is 8. The highest BCUT2D eigenvalue weighted by Crippen LogP contribution is 2.33. The van der Waals surface area contributed by atoms with Gasteiger partial charge in [-0.25, -0.2) is 40.7 Å². The number of nitrogens with zero attached hydrogens (tertiary/aromatic N) is 6. The largest absolute Gasteiger partial charge is 0.330 e. The molecule has 0 radical (unpaired) electrons. The van der Waals surface area contributed by atoms with Gasteiger partial charge in [-0.15, -0.1) is 0 Å². The smallest absolute Gasteiger partial charge is 0.269 e. The van der Waals surface area contributed by atoms with E-state index in [9.17, 15) is 16.8 Å². The van der Waals surface area contributed by atoms with E-state index in [1.54, 1.807) is 54.2 Å². The van der Waals surface area contributed by atoms with Crippen molar-refractivity contribution in [3.05, 3.63) is 72.9 Å². The number of pyridine rings is 1. The molecule has 10 nitrogen and oxygen atoms in total. The number of sulfone groups is 1. The summed E-state index contributed by atoms with van der Waals surface area (Å²) in [6.45, 7) is 1.82. The van der Waals surface area contributed by atoms with Gasteiger partial charge >= 0.3 is 0 Å². The van der Waals surface area contributed by atoms with Crippen molar-refractivity contribution in [2.75, 3.05) is 6.26 Å². The van der Waals surface area contributed by atoms with Gasteiger partial charge in [0.2, 0.25) is 15.0 Å². The van der Waals surface area contributed by atoms with Gasteiger partial charge in [0.25, 0.3) is 10.0 Å². The molecule has 0 spiro atoms. The predicted octanol–water partition coefficient (Wildman–Crippen LogP) is 2.84. The molecule has 0 aliphatic heterocycles. The van der Waals surface area contributed by atoms with Gasteiger partial charge in [0.1, 0.15) is 5.82 Å². The van der Waals surface area contributed by atoms with E-state index in [4.69, 9.17) is 0 Å². The van der Waals surface area contributed by atoms with Crippen molar-refractivity contribution in [3.8, 4) is 22.6 Å². The fourth-order valence-corrected chi connectivity index (χ4v) is 5.63. The Hall–Kier alpha value is -3.90. The molecule has 0 saturated heterocycles. The second kappa shape index (κ2) is 8.10.